The molecule has 0 radical (unpaired) electrons. The minimum absolute atomic E-state index is 0.473. The molecule has 0 saturated heterocycles. The summed E-state index contributed by atoms with van der Waals surface area (Å²) in [6, 6.07) is 5.34. The molecule has 0 aliphatic carbocycles. The lowest BCUT2D eigenvalue weighted by Gasteiger charge is -2.02. The molecule has 21 heavy (non-hydrogen) atoms. The molecular weight excluding hydrogens is 311 g/mol. The van der Waals surface area contributed by atoms with E-state index in [1.165, 1.54) is 0 Å². The number of hydrogen-bond donors (Lipinski definition) is 0. The van der Waals surface area contributed by atoms with Gasteiger partial charge in [-0.2, -0.15) is 5.10 Å². The number of rotatable bonds is 1. The Kier molecular flexibility index (Phi) is 2.63. The minimum atomic E-state index is 0.473. The van der Waals surface area contributed by atoms with E-state index in [2.05, 4.69) is 20.3 Å². The fraction of sp³-hybridized carbons (Fsp3) is 0.0769. The first-order valence-electron chi connectivity index (χ1n) is 6.12. The fourth-order valence-corrected chi connectivity index (χ4v) is 2.57. The van der Waals surface area contributed by atoms with Gasteiger partial charge in [-0.15, -0.1) is 10.2 Å². The molecule has 0 saturated carbocycles. The molecule has 0 atom stereocenters. The van der Waals surface area contributed by atoms with Crippen molar-refractivity contribution < 1.29 is 0 Å². The van der Waals surface area contributed by atoms with Crippen LogP contribution in [-0.2, 0) is 7.05 Å². The van der Waals surface area contributed by atoms with Crippen LogP contribution in [0.3, 0.4) is 0 Å². The van der Waals surface area contributed by atoms with Crippen LogP contribution >= 0.6 is 23.2 Å². The van der Waals surface area contributed by atoms with Crippen molar-refractivity contribution in [1.82, 2.24) is 29.4 Å². The maximum Gasteiger partial charge on any atom is 0.175 e. The Balaban J connectivity index is 2.01. The zero-order valence-corrected chi connectivity index (χ0v) is 12.3. The summed E-state index contributed by atoms with van der Waals surface area (Å²) in [7, 11) is 1.84. The van der Waals surface area contributed by atoms with Gasteiger partial charge in [0.2, 0.25) is 0 Å². The van der Waals surface area contributed by atoms with E-state index in [-0.39, 0.29) is 0 Å². The third-order valence-electron chi connectivity index (χ3n) is 3.32. The fourth-order valence-electron chi connectivity index (χ4n) is 2.27. The number of aryl methyl sites for hydroxylation is 1. The van der Waals surface area contributed by atoms with E-state index in [4.69, 9.17) is 23.2 Å². The Morgan fingerprint density at radius 3 is 2.71 bits per heavy atom. The SMILES string of the molecule is Cn1ncc2c1ncn1c(-c3ccc(Cl)c(Cl)c3)nnc21. The molecule has 1 aromatic carbocycles. The summed E-state index contributed by atoms with van der Waals surface area (Å²) in [4.78, 5) is 4.39. The second-order valence-electron chi connectivity index (χ2n) is 4.60. The average Bonchev–Trinajstić information content (AvgIpc) is 3.06. The summed E-state index contributed by atoms with van der Waals surface area (Å²) < 4.78 is 3.51. The molecule has 0 bridgehead atoms. The highest BCUT2D eigenvalue weighted by Gasteiger charge is 2.14. The molecule has 3 aromatic heterocycles. The molecule has 0 aliphatic rings. The Morgan fingerprint density at radius 2 is 1.90 bits per heavy atom. The molecule has 8 heteroatoms. The zero-order chi connectivity index (χ0) is 14.6. The van der Waals surface area contributed by atoms with Crippen molar-refractivity contribution in [1.29, 1.82) is 0 Å². The first-order valence-corrected chi connectivity index (χ1v) is 6.87. The second kappa shape index (κ2) is 4.41. The Labute approximate surface area is 128 Å². The predicted molar refractivity (Wildman–Crippen MR) is 80.5 cm³/mol. The molecular formula is C13H8Cl2N6. The van der Waals surface area contributed by atoms with Crippen LogP contribution in [0.15, 0.2) is 30.7 Å². The van der Waals surface area contributed by atoms with Crippen molar-refractivity contribution >= 4 is 39.9 Å². The molecule has 4 rings (SSSR count). The van der Waals surface area contributed by atoms with E-state index in [9.17, 15) is 0 Å². The third-order valence-corrected chi connectivity index (χ3v) is 4.06. The van der Waals surface area contributed by atoms with E-state index in [1.54, 1.807) is 29.3 Å². The number of nitrogens with zero attached hydrogens (tertiary/aromatic N) is 6. The van der Waals surface area contributed by atoms with Crippen molar-refractivity contribution in [3.05, 3.63) is 40.8 Å². The van der Waals surface area contributed by atoms with Gasteiger partial charge >= 0.3 is 0 Å². The topological polar surface area (TPSA) is 60.9 Å². The van der Waals surface area contributed by atoms with Crippen molar-refractivity contribution in [2.75, 3.05) is 0 Å². The van der Waals surface area contributed by atoms with Crippen LogP contribution in [0, 0.1) is 0 Å². The van der Waals surface area contributed by atoms with Crippen LogP contribution in [0.5, 0.6) is 0 Å². The maximum atomic E-state index is 6.06. The van der Waals surface area contributed by atoms with Crippen LogP contribution in [0.1, 0.15) is 0 Å². The highest BCUT2D eigenvalue weighted by atomic mass is 35.5. The van der Waals surface area contributed by atoms with Gasteiger partial charge in [0, 0.05) is 12.6 Å². The molecule has 0 N–H and O–H groups in total. The molecule has 3 heterocycles. The van der Waals surface area contributed by atoms with E-state index in [0.29, 0.717) is 21.5 Å². The Morgan fingerprint density at radius 1 is 1.05 bits per heavy atom. The van der Waals surface area contributed by atoms with E-state index < -0.39 is 0 Å². The standard InChI is InChI=1S/C13H8Cl2N6/c1-20-12-8(5-17-20)13-19-18-11(21(13)6-16-12)7-2-3-9(14)10(15)4-7/h2-6H,1H3. The highest BCUT2D eigenvalue weighted by molar-refractivity contribution is 6.42. The lowest BCUT2D eigenvalue weighted by molar-refractivity contribution is 0.785. The number of aromatic nitrogens is 6. The van der Waals surface area contributed by atoms with Crippen molar-refractivity contribution in [2.24, 2.45) is 7.05 Å². The Hall–Kier alpha value is -2.18. The molecule has 0 spiro atoms. The second-order valence-corrected chi connectivity index (χ2v) is 5.41. The minimum Gasteiger partial charge on any atom is -0.265 e. The summed E-state index contributed by atoms with van der Waals surface area (Å²) in [6.45, 7) is 0. The molecule has 0 amide bonds. The third kappa shape index (κ3) is 1.80. The van der Waals surface area contributed by atoms with Crippen LogP contribution in [0.4, 0.5) is 0 Å². The quantitative estimate of drug-likeness (QED) is 0.541. The number of fused-ring (bicyclic) bond motifs is 3. The molecule has 0 fully saturated rings. The number of halogens is 2. The smallest absolute Gasteiger partial charge is 0.175 e. The van der Waals surface area contributed by atoms with E-state index >= 15 is 0 Å². The van der Waals surface area contributed by atoms with Crippen molar-refractivity contribution in [2.45, 2.75) is 0 Å². The summed E-state index contributed by atoms with van der Waals surface area (Å²) in [6.07, 6.45) is 3.40. The molecule has 4 aromatic rings. The van der Waals surface area contributed by atoms with Crippen LogP contribution in [0.2, 0.25) is 10.0 Å². The van der Waals surface area contributed by atoms with Gasteiger partial charge in [0.05, 0.1) is 21.6 Å². The van der Waals surface area contributed by atoms with Gasteiger partial charge in [0.1, 0.15) is 6.33 Å². The van der Waals surface area contributed by atoms with Crippen LogP contribution in [-0.4, -0.2) is 29.4 Å². The van der Waals surface area contributed by atoms with Gasteiger partial charge in [-0.1, -0.05) is 23.2 Å². The highest BCUT2D eigenvalue weighted by Crippen LogP contribution is 2.28. The van der Waals surface area contributed by atoms with Gasteiger partial charge in [0.15, 0.2) is 17.1 Å². The lowest BCUT2D eigenvalue weighted by Crippen LogP contribution is -1.95. The number of benzene rings is 1. The maximum absolute atomic E-state index is 6.06. The first-order chi connectivity index (χ1) is 10.1. The monoisotopic (exact) mass is 318 g/mol. The van der Waals surface area contributed by atoms with Gasteiger partial charge < -0.3 is 0 Å². The van der Waals surface area contributed by atoms with Crippen LogP contribution in [0.25, 0.3) is 28.1 Å². The van der Waals surface area contributed by atoms with E-state index in [1.807, 2.05) is 17.5 Å². The lowest BCUT2D eigenvalue weighted by atomic mass is 10.2. The predicted octanol–water partition coefficient (Wildman–Crippen LogP) is 2.98. The van der Waals surface area contributed by atoms with Crippen molar-refractivity contribution in [3.8, 4) is 11.4 Å². The first kappa shape index (κ1) is 12.6. The largest absolute Gasteiger partial charge is 0.265 e. The van der Waals surface area contributed by atoms with Gasteiger partial charge in [-0.25, -0.2) is 4.98 Å². The number of hydrogen-bond acceptors (Lipinski definition) is 4. The summed E-state index contributed by atoms with van der Waals surface area (Å²) in [5, 5.41) is 14.5. The normalized spacial score (nSPS) is 11.6. The van der Waals surface area contributed by atoms with E-state index in [0.717, 1.165) is 16.6 Å². The Bertz CT molecular complexity index is 987. The average molecular weight is 319 g/mol. The van der Waals surface area contributed by atoms with Gasteiger partial charge in [0.25, 0.3) is 0 Å². The summed E-state index contributed by atoms with van der Waals surface area (Å²) in [5.74, 6) is 0.654. The molecule has 6 nitrogen and oxygen atoms in total. The molecule has 104 valence electrons. The molecule has 0 unspecified atom stereocenters. The molecule has 0 aliphatic heterocycles. The van der Waals surface area contributed by atoms with Gasteiger partial charge in [-0.3, -0.25) is 9.08 Å². The van der Waals surface area contributed by atoms with Crippen LogP contribution < -0.4 is 0 Å². The van der Waals surface area contributed by atoms with Crippen molar-refractivity contribution in [3.63, 3.8) is 0 Å². The summed E-state index contributed by atoms with van der Waals surface area (Å²) in [5.41, 5.74) is 2.28. The zero-order valence-electron chi connectivity index (χ0n) is 10.8. The van der Waals surface area contributed by atoms with Gasteiger partial charge in [-0.05, 0) is 18.2 Å². The summed E-state index contributed by atoms with van der Waals surface area (Å²) >= 11 is 12.0.